The lowest BCUT2D eigenvalue weighted by atomic mass is 10.1. The van der Waals surface area contributed by atoms with Gasteiger partial charge in [0.25, 0.3) is 0 Å². The quantitative estimate of drug-likeness (QED) is 0.801. The van der Waals surface area contributed by atoms with Crippen LogP contribution in [0.3, 0.4) is 0 Å². The van der Waals surface area contributed by atoms with Gasteiger partial charge in [0.15, 0.2) is 0 Å². The first-order chi connectivity index (χ1) is 8.58. The van der Waals surface area contributed by atoms with Crippen molar-refractivity contribution in [2.24, 2.45) is 5.73 Å². The molecule has 4 N–H and O–H groups in total. The molecular formula is C13H15N3O2. The minimum absolute atomic E-state index is 0.436. The Kier molecular flexibility index (Phi) is 3.23. The molecule has 0 aliphatic carbocycles. The van der Waals surface area contributed by atoms with Crippen molar-refractivity contribution in [3.63, 3.8) is 0 Å². The average Bonchev–Trinajstić information content (AvgIpc) is 2.81. The Bertz CT molecular complexity index is 549. The number of furan rings is 1. The number of rotatable bonds is 4. The van der Waals surface area contributed by atoms with Crippen LogP contribution in [0, 0.1) is 0 Å². The topological polar surface area (TPSA) is 85.5 Å². The molecule has 1 heterocycles. The molecule has 0 saturated heterocycles. The van der Waals surface area contributed by atoms with Gasteiger partial charge in [0, 0.05) is 12.6 Å². The third-order valence-corrected chi connectivity index (χ3v) is 2.70. The maximum absolute atomic E-state index is 11.1. The molecule has 0 bridgehead atoms. The van der Waals surface area contributed by atoms with Gasteiger partial charge in [-0.05, 0) is 30.3 Å². The van der Waals surface area contributed by atoms with Crippen molar-refractivity contribution < 1.29 is 9.21 Å². The number of nitrogens with zero attached hydrogens (tertiary/aromatic N) is 1. The molecule has 0 unspecified atom stereocenters. The van der Waals surface area contributed by atoms with Gasteiger partial charge in [0.05, 0.1) is 24.2 Å². The number of anilines is 2. The van der Waals surface area contributed by atoms with E-state index in [4.69, 9.17) is 15.9 Å². The van der Waals surface area contributed by atoms with Crippen molar-refractivity contribution in [1.82, 2.24) is 0 Å². The number of nitrogen functional groups attached to an aromatic ring is 1. The number of nitrogens with two attached hydrogens (primary N) is 2. The van der Waals surface area contributed by atoms with Crippen LogP contribution in [-0.2, 0) is 6.54 Å². The minimum Gasteiger partial charge on any atom is -0.467 e. The van der Waals surface area contributed by atoms with E-state index < -0.39 is 5.91 Å². The van der Waals surface area contributed by atoms with Crippen LogP contribution < -0.4 is 16.4 Å². The number of primary amides is 1. The highest BCUT2D eigenvalue weighted by Crippen LogP contribution is 2.25. The lowest BCUT2D eigenvalue weighted by Gasteiger charge is -2.20. The zero-order valence-corrected chi connectivity index (χ0v) is 10.1. The summed E-state index contributed by atoms with van der Waals surface area (Å²) in [6, 6.07) is 8.67. The number of carbonyl (C=O) groups is 1. The molecule has 1 amide bonds. The maximum Gasteiger partial charge on any atom is 0.248 e. The molecule has 1 aromatic carbocycles. The molecule has 0 spiro atoms. The van der Waals surface area contributed by atoms with Crippen molar-refractivity contribution in [1.29, 1.82) is 0 Å². The van der Waals surface area contributed by atoms with Gasteiger partial charge >= 0.3 is 0 Å². The maximum atomic E-state index is 11.1. The molecule has 0 aliphatic rings. The molecule has 0 saturated carbocycles. The van der Waals surface area contributed by atoms with Gasteiger partial charge in [-0.1, -0.05) is 0 Å². The summed E-state index contributed by atoms with van der Waals surface area (Å²) < 4.78 is 5.27. The van der Waals surface area contributed by atoms with E-state index in [9.17, 15) is 4.79 Å². The monoisotopic (exact) mass is 245 g/mol. The van der Waals surface area contributed by atoms with E-state index in [2.05, 4.69) is 0 Å². The molecular weight excluding hydrogens is 230 g/mol. The third-order valence-electron chi connectivity index (χ3n) is 2.70. The van der Waals surface area contributed by atoms with Gasteiger partial charge in [-0.15, -0.1) is 0 Å². The first-order valence-corrected chi connectivity index (χ1v) is 5.51. The van der Waals surface area contributed by atoms with Gasteiger partial charge in [0.2, 0.25) is 5.91 Å². The zero-order valence-electron chi connectivity index (χ0n) is 10.1. The van der Waals surface area contributed by atoms with Crippen LogP contribution in [0.2, 0.25) is 0 Å². The molecule has 5 nitrogen and oxygen atoms in total. The number of amides is 1. The number of hydrogen-bond donors (Lipinski definition) is 2. The summed E-state index contributed by atoms with van der Waals surface area (Å²) in [5.41, 5.74) is 12.9. The van der Waals surface area contributed by atoms with E-state index in [0.717, 1.165) is 11.4 Å². The van der Waals surface area contributed by atoms with E-state index in [1.54, 1.807) is 24.5 Å². The Balaban J connectivity index is 2.26. The zero-order chi connectivity index (χ0) is 13.1. The Labute approximate surface area is 105 Å². The van der Waals surface area contributed by atoms with Gasteiger partial charge in [-0.2, -0.15) is 0 Å². The highest BCUT2D eigenvalue weighted by Gasteiger charge is 2.10. The molecule has 2 aromatic rings. The molecule has 0 fully saturated rings. The fraction of sp³-hybridized carbons (Fsp3) is 0.154. The van der Waals surface area contributed by atoms with Gasteiger partial charge < -0.3 is 20.8 Å². The Morgan fingerprint density at radius 3 is 2.78 bits per heavy atom. The second-order valence-electron chi connectivity index (χ2n) is 4.07. The van der Waals surface area contributed by atoms with Crippen molar-refractivity contribution in [3.8, 4) is 0 Å². The number of hydrogen-bond acceptors (Lipinski definition) is 4. The predicted molar refractivity (Wildman–Crippen MR) is 70.2 cm³/mol. The first-order valence-electron chi connectivity index (χ1n) is 5.51. The van der Waals surface area contributed by atoms with E-state index >= 15 is 0 Å². The number of carbonyl (C=O) groups excluding carboxylic acids is 1. The fourth-order valence-corrected chi connectivity index (χ4v) is 1.75. The van der Waals surface area contributed by atoms with E-state index in [-0.39, 0.29) is 0 Å². The van der Waals surface area contributed by atoms with E-state index in [1.165, 1.54) is 0 Å². The lowest BCUT2D eigenvalue weighted by molar-refractivity contribution is 0.100. The highest BCUT2D eigenvalue weighted by molar-refractivity contribution is 5.95. The van der Waals surface area contributed by atoms with E-state index in [1.807, 2.05) is 24.1 Å². The van der Waals surface area contributed by atoms with Gasteiger partial charge in [-0.3, -0.25) is 4.79 Å². The molecule has 94 valence electrons. The average molecular weight is 245 g/mol. The summed E-state index contributed by atoms with van der Waals surface area (Å²) in [5.74, 6) is 0.351. The Morgan fingerprint density at radius 1 is 1.39 bits per heavy atom. The second kappa shape index (κ2) is 4.83. The van der Waals surface area contributed by atoms with Crippen LogP contribution in [0.1, 0.15) is 16.1 Å². The van der Waals surface area contributed by atoms with Gasteiger partial charge in [0.1, 0.15) is 5.76 Å². The summed E-state index contributed by atoms with van der Waals surface area (Å²) in [5, 5.41) is 0. The summed E-state index contributed by atoms with van der Waals surface area (Å²) >= 11 is 0. The van der Waals surface area contributed by atoms with Crippen molar-refractivity contribution in [2.45, 2.75) is 6.54 Å². The Morgan fingerprint density at radius 2 is 2.17 bits per heavy atom. The van der Waals surface area contributed by atoms with Crippen LogP contribution in [-0.4, -0.2) is 13.0 Å². The third kappa shape index (κ3) is 2.45. The van der Waals surface area contributed by atoms with Crippen LogP contribution in [0.15, 0.2) is 41.0 Å². The van der Waals surface area contributed by atoms with Crippen molar-refractivity contribution in [3.05, 3.63) is 47.9 Å². The van der Waals surface area contributed by atoms with Crippen molar-refractivity contribution in [2.75, 3.05) is 17.7 Å². The molecule has 0 atom stereocenters. The summed E-state index contributed by atoms with van der Waals surface area (Å²) in [4.78, 5) is 13.1. The first kappa shape index (κ1) is 12.0. The minimum atomic E-state index is -0.470. The highest BCUT2D eigenvalue weighted by atomic mass is 16.3. The van der Waals surface area contributed by atoms with Crippen LogP contribution >= 0.6 is 0 Å². The summed E-state index contributed by atoms with van der Waals surface area (Å²) in [6.45, 7) is 0.569. The van der Waals surface area contributed by atoms with Crippen molar-refractivity contribution >= 4 is 17.3 Å². The van der Waals surface area contributed by atoms with E-state index in [0.29, 0.717) is 17.8 Å². The summed E-state index contributed by atoms with van der Waals surface area (Å²) in [7, 11) is 1.87. The molecule has 0 radical (unpaired) electrons. The standard InChI is InChI=1S/C13H15N3O2/c1-16(8-10-3-2-6-18-10)12-7-9(13(15)17)4-5-11(12)14/h2-7H,8,14H2,1H3,(H2,15,17). The molecule has 2 rings (SSSR count). The second-order valence-corrected chi connectivity index (χ2v) is 4.07. The predicted octanol–water partition coefficient (Wildman–Crippen LogP) is 1.60. The normalized spacial score (nSPS) is 10.3. The molecule has 0 aliphatic heterocycles. The van der Waals surface area contributed by atoms with Crippen LogP contribution in [0.5, 0.6) is 0 Å². The summed E-state index contributed by atoms with van der Waals surface area (Å²) in [6.07, 6.45) is 1.62. The lowest BCUT2D eigenvalue weighted by Crippen LogP contribution is -2.19. The molecule has 1 aromatic heterocycles. The number of benzene rings is 1. The van der Waals surface area contributed by atoms with Gasteiger partial charge in [-0.25, -0.2) is 0 Å². The molecule has 5 heteroatoms. The largest absolute Gasteiger partial charge is 0.467 e. The molecule has 18 heavy (non-hydrogen) atoms. The fourth-order valence-electron chi connectivity index (χ4n) is 1.75. The van der Waals surface area contributed by atoms with Crippen LogP contribution in [0.4, 0.5) is 11.4 Å². The smallest absolute Gasteiger partial charge is 0.248 e. The SMILES string of the molecule is CN(Cc1ccco1)c1cc(C(N)=O)ccc1N. The Hall–Kier alpha value is -2.43. The van der Waals surface area contributed by atoms with Crippen LogP contribution in [0.25, 0.3) is 0 Å².